The van der Waals surface area contributed by atoms with Crippen LogP contribution in [0.3, 0.4) is 0 Å². The summed E-state index contributed by atoms with van der Waals surface area (Å²) in [6.45, 7) is 3.12. The summed E-state index contributed by atoms with van der Waals surface area (Å²) < 4.78 is 0. The number of benzene rings is 1. The van der Waals surface area contributed by atoms with Gasteiger partial charge < -0.3 is 5.32 Å². The second-order valence-electron chi connectivity index (χ2n) is 3.55. The quantitative estimate of drug-likeness (QED) is 0.787. The van der Waals surface area contributed by atoms with E-state index in [0.717, 1.165) is 18.0 Å². The maximum Gasteiger partial charge on any atom is 0.0409 e. The molecule has 0 saturated heterocycles. The SMILES string of the molecule is CCCCc1ccc(Cl)cc1CNC. The summed E-state index contributed by atoms with van der Waals surface area (Å²) >= 11 is 5.96. The topological polar surface area (TPSA) is 12.0 Å². The first-order chi connectivity index (χ1) is 6.77. The van der Waals surface area contributed by atoms with E-state index in [9.17, 15) is 0 Å². The first kappa shape index (κ1) is 11.5. The zero-order chi connectivity index (χ0) is 10.4. The largest absolute Gasteiger partial charge is 0.316 e. The minimum atomic E-state index is 0.829. The highest BCUT2D eigenvalue weighted by Gasteiger charge is 2.01. The number of hydrogen-bond donors (Lipinski definition) is 1. The van der Waals surface area contributed by atoms with Crippen molar-refractivity contribution in [2.24, 2.45) is 0 Å². The summed E-state index contributed by atoms with van der Waals surface area (Å²) in [6, 6.07) is 6.18. The predicted octanol–water partition coefficient (Wildman–Crippen LogP) is 3.40. The molecular weight excluding hydrogens is 194 g/mol. The van der Waals surface area contributed by atoms with Crippen molar-refractivity contribution in [3.05, 3.63) is 34.3 Å². The van der Waals surface area contributed by atoms with Crippen molar-refractivity contribution in [1.29, 1.82) is 0 Å². The Kier molecular flexibility index (Phi) is 4.99. The minimum Gasteiger partial charge on any atom is -0.316 e. The molecule has 0 aliphatic heterocycles. The van der Waals surface area contributed by atoms with Crippen LogP contribution in [-0.4, -0.2) is 7.05 Å². The third kappa shape index (κ3) is 3.32. The lowest BCUT2D eigenvalue weighted by Crippen LogP contribution is -2.07. The van der Waals surface area contributed by atoms with Crippen LogP contribution < -0.4 is 5.32 Å². The van der Waals surface area contributed by atoms with E-state index < -0.39 is 0 Å². The van der Waals surface area contributed by atoms with Crippen molar-refractivity contribution in [1.82, 2.24) is 5.32 Å². The average molecular weight is 212 g/mol. The molecule has 0 unspecified atom stereocenters. The Bertz CT molecular complexity index is 284. The Labute approximate surface area is 91.5 Å². The molecule has 1 aromatic carbocycles. The van der Waals surface area contributed by atoms with Gasteiger partial charge >= 0.3 is 0 Å². The van der Waals surface area contributed by atoms with Crippen LogP contribution >= 0.6 is 11.6 Å². The summed E-state index contributed by atoms with van der Waals surface area (Å²) in [5.74, 6) is 0. The van der Waals surface area contributed by atoms with Crippen molar-refractivity contribution in [2.75, 3.05) is 7.05 Å². The second kappa shape index (κ2) is 6.05. The van der Waals surface area contributed by atoms with Crippen LogP contribution in [0, 0.1) is 0 Å². The molecule has 0 aliphatic carbocycles. The zero-order valence-electron chi connectivity index (χ0n) is 8.94. The van der Waals surface area contributed by atoms with E-state index in [4.69, 9.17) is 11.6 Å². The van der Waals surface area contributed by atoms with Crippen molar-refractivity contribution < 1.29 is 0 Å². The molecule has 0 aromatic heterocycles. The molecule has 0 heterocycles. The van der Waals surface area contributed by atoms with Gasteiger partial charge in [-0.15, -0.1) is 0 Å². The maximum absolute atomic E-state index is 5.96. The first-order valence-electron chi connectivity index (χ1n) is 5.19. The second-order valence-corrected chi connectivity index (χ2v) is 3.98. The van der Waals surface area contributed by atoms with Crippen molar-refractivity contribution in [2.45, 2.75) is 32.7 Å². The third-order valence-corrected chi connectivity index (χ3v) is 2.57. The molecule has 0 saturated carbocycles. The number of halogens is 1. The first-order valence-corrected chi connectivity index (χ1v) is 5.57. The van der Waals surface area contributed by atoms with E-state index in [1.54, 1.807) is 0 Å². The van der Waals surface area contributed by atoms with Crippen LogP contribution in [0.15, 0.2) is 18.2 Å². The molecule has 0 fully saturated rings. The van der Waals surface area contributed by atoms with E-state index in [0.29, 0.717) is 0 Å². The summed E-state index contributed by atoms with van der Waals surface area (Å²) in [4.78, 5) is 0. The van der Waals surface area contributed by atoms with Gasteiger partial charge in [-0.2, -0.15) is 0 Å². The van der Waals surface area contributed by atoms with Gasteiger partial charge in [-0.3, -0.25) is 0 Å². The van der Waals surface area contributed by atoms with E-state index in [1.165, 1.54) is 24.0 Å². The Hall–Kier alpha value is -0.530. The number of rotatable bonds is 5. The molecule has 78 valence electrons. The average Bonchev–Trinajstić information content (AvgIpc) is 2.17. The van der Waals surface area contributed by atoms with Gasteiger partial charge in [-0.1, -0.05) is 31.0 Å². The molecule has 0 radical (unpaired) electrons. The van der Waals surface area contributed by atoms with E-state index in [1.807, 2.05) is 13.1 Å². The highest BCUT2D eigenvalue weighted by Crippen LogP contribution is 2.17. The number of nitrogens with one attached hydrogen (secondary N) is 1. The summed E-state index contributed by atoms with van der Waals surface area (Å²) in [6.07, 6.45) is 3.64. The van der Waals surface area contributed by atoms with Gasteiger partial charge in [0.1, 0.15) is 0 Å². The van der Waals surface area contributed by atoms with E-state index in [2.05, 4.69) is 24.4 Å². The van der Waals surface area contributed by atoms with Crippen molar-refractivity contribution in [3.8, 4) is 0 Å². The fourth-order valence-corrected chi connectivity index (χ4v) is 1.76. The summed E-state index contributed by atoms with van der Waals surface area (Å²) in [7, 11) is 1.96. The lowest BCUT2D eigenvalue weighted by molar-refractivity contribution is 0.762. The van der Waals surface area contributed by atoms with Gasteiger partial charge in [0, 0.05) is 11.6 Å². The molecule has 14 heavy (non-hydrogen) atoms. The summed E-state index contributed by atoms with van der Waals surface area (Å²) in [5, 5.41) is 4.00. The summed E-state index contributed by atoms with van der Waals surface area (Å²) in [5.41, 5.74) is 2.75. The van der Waals surface area contributed by atoms with Gasteiger partial charge in [-0.25, -0.2) is 0 Å². The molecule has 2 heteroatoms. The lowest BCUT2D eigenvalue weighted by Gasteiger charge is -2.09. The maximum atomic E-state index is 5.96. The van der Waals surface area contributed by atoms with Gasteiger partial charge in [0.25, 0.3) is 0 Å². The van der Waals surface area contributed by atoms with Crippen LogP contribution in [0.25, 0.3) is 0 Å². The van der Waals surface area contributed by atoms with Crippen LogP contribution in [0.2, 0.25) is 5.02 Å². The molecule has 1 rings (SSSR count). The van der Waals surface area contributed by atoms with Crippen molar-refractivity contribution >= 4 is 11.6 Å². The monoisotopic (exact) mass is 211 g/mol. The molecule has 0 spiro atoms. The van der Waals surface area contributed by atoms with Crippen LogP contribution in [0.5, 0.6) is 0 Å². The minimum absolute atomic E-state index is 0.829. The van der Waals surface area contributed by atoms with Crippen LogP contribution in [0.4, 0.5) is 0 Å². The van der Waals surface area contributed by atoms with E-state index >= 15 is 0 Å². The van der Waals surface area contributed by atoms with E-state index in [-0.39, 0.29) is 0 Å². The normalized spacial score (nSPS) is 10.5. The van der Waals surface area contributed by atoms with Crippen LogP contribution in [-0.2, 0) is 13.0 Å². The van der Waals surface area contributed by atoms with Gasteiger partial charge in [0.2, 0.25) is 0 Å². The molecule has 0 aliphatic rings. The van der Waals surface area contributed by atoms with Gasteiger partial charge in [-0.05, 0) is 43.1 Å². The fraction of sp³-hybridized carbons (Fsp3) is 0.500. The number of hydrogen-bond acceptors (Lipinski definition) is 1. The standard InChI is InChI=1S/C12H18ClN/c1-3-4-5-10-6-7-12(13)8-11(10)9-14-2/h6-8,14H,3-5,9H2,1-2H3. The highest BCUT2D eigenvalue weighted by atomic mass is 35.5. The van der Waals surface area contributed by atoms with Crippen LogP contribution in [0.1, 0.15) is 30.9 Å². The molecule has 0 atom stereocenters. The molecule has 1 aromatic rings. The Morgan fingerprint density at radius 2 is 2.07 bits per heavy atom. The Morgan fingerprint density at radius 1 is 1.29 bits per heavy atom. The molecular formula is C12H18ClN. The zero-order valence-corrected chi connectivity index (χ0v) is 9.69. The predicted molar refractivity (Wildman–Crippen MR) is 62.8 cm³/mol. The molecule has 0 bridgehead atoms. The fourth-order valence-electron chi connectivity index (χ4n) is 1.56. The van der Waals surface area contributed by atoms with Gasteiger partial charge in [0.15, 0.2) is 0 Å². The highest BCUT2D eigenvalue weighted by molar-refractivity contribution is 6.30. The molecule has 1 nitrogen and oxygen atoms in total. The Morgan fingerprint density at radius 3 is 2.71 bits per heavy atom. The number of unbranched alkanes of at least 4 members (excludes halogenated alkanes) is 1. The van der Waals surface area contributed by atoms with Crippen molar-refractivity contribution in [3.63, 3.8) is 0 Å². The Balaban J connectivity index is 2.78. The number of aryl methyl sites for hydroxylation is 1. The lowest BCUT2D eigenvalue weighted by atomic mass is 10.0. The smallest absolute Gasteiger partial charge is 0.0409 e. The molecule has 0 amide bonds. The molecule has 1 N–H and O–H groups in total. The third-order valence-electron chi connectivity index (χ3n) is 2.34. The van der Waals surface area contributed by atoms with Gasteiger partial charge in [0.05, 0.1) is 0 Å².